The molecular weight excluding hydrogens is 336 g/mol. The van der Waals surface area contributed by atoms with Crippen LogP contribution < -0.4 is 0 Å². The molecule has 1 aromatic carbocycles. The Morgan fingerprint density at radius 2 is 1.85 bits per heavy atom. The molecule has 1 saturated heterocycles. The van der Waals surface area contributed by atoms with E-state index >= 15 is 0 Å². The minimum absolute atomic E-state index is 0.0304. The second-order valence-electron chi connectivity index (χ2n) is 6.48. The summed E-state index contributed by atoms with van der Waals surface area (Å²) in [5, 5.41) is 8.92. The van der Waals surface area contributed by atoms with Crippen LogP contribution in [0.3, 0.4) is 0 Å². The highest BCUT2D eigenvalue weighted by Gasteiger charge is 2.23. The Morgan fingerprint density at radius 3 is 2.54 bits per heavy atom. The van der Waals surface area contributed by atoms with Crippen LogP contribution in [-0.4, -0.2) is 65.7 Å². The van der Waals surface area contributed by atoms with E-state index in [-0.39, 0.29) is 37.6 Å². The number of ether oxygens (including phenoxy) is 1. The van der Waals surface area contributed by atoms with Crippen molar-refractivity contribution in [1.29, 1.82) is 0 Å². The molecule has 1 aliphatic rings. The number of hydrogen-bond donors (Lipinski definition) is 1. The van der Waals surface area contributed by atoms with Crippen molar-refractivity contribution >= 4 is 17.8 Å². The molecule has 0 unspecified atom stereocenters. The second kappa shape index (κ2) is 9.91. The molecule has 1 N–H and O–H groups in total. The molecule has 1 aromatic rings. The first-order chi connectivity index (χ1) is 12.5. The molecule has 0 bridgehead atoms. The third-order valence-electron chi connectivity index (χ3n) is 4.49. The van der Waals surface area contributed by atoms with Gasteiger partial charge in [0.05, 0.1) is 5.92 Å². The van der Waals surface area contributed by atoms with E-state index in [0.717, 1.165) is 18.4 Å². The number of amides is 2. The standard InChI is InChI=1S/C19H26N2O5/c1-15(16-8-4-2-5-9-16)19(25)21-11-7-3-6-10-20(12-18(23)24)17(22)13-26-14-21/h2,4-5,8-9,15H,3,6-7,10-14H2,1H3,(H,23,24)/t15-/m0/s1. The van der Waals surface area contributed by atoms with Gasteiger partial charge in [-0.1, -0.05) is 30.3 Å². The zero-order valence-electron chi connectivity index (χ0n) is 15.1. The van der Waals surface area contributed by atoms with Gasteiger partial charge >= 0.3 is 5.97 Å². The van der Waals surface area contributed by atoms with Gasteiger partial charge in [0.1, 0.15) is 19.9 Å². The van der Waals surface area contributed by atoms with Crippen molar-refractivity contribution in [1.82, 2.24) is 9.80 Å². The maximum absolute atomic E-state index is 12.8. The molecule has 1 fully saturated rings. The molecule has 1 atom stereocenters. The number of carbonyl (C=O) groups is 3. The van der Waals surface area contributed by atoms with Crippen molar-refractivity contribution in [3.63, 3.8) is 0 Å². The van der Waals surface area contributed by atoms with E-state index in [0.29, 0.717) is 19.5 Å². The number of hydrogen-bond acceptors (Lipinski definition) is 4. The molecule has 0 radical (unpaired) electrons. The van der Waals surface area contributed by atoms with E-state index in [4.69, 9.17) is 9.84 Å². The van der Waals surface area contributed by atoms with Crippen LogP contribution in [0.1, 0.15) is 37.7 Å². The lowest BCUT2D eigenvalue weighted by molar-refractivity contribution is -0.149. The lowest BCUT2D eigenvalue weighted by atomic mass is 10.00. The summed E-state index contributed by atoms with van der Waals surface area (Å²) in [5.74, 6) is -1.73. The maximum atomic E-state index is 12.8. The van der Waals surface area contributed by atoms with Crippen LogP contribution in [0, 0.1) is 0 Å². The molecule has 1 heterocycles. The number of nitrogens with zero attached hydrogens (tertiary/aromatic N) is 2. The average Bonchev–Trinajstić information content (AvgIpc) is 2.67. The lowest BCUT2D eigenvalue weighted by Crippen LogP contribution is -2.40. The average molecular weight is 362 g/mol. The van der Waals surface area contributed by atoms with Gasteiger partial charge in [-0.3, -0.25) is 14.4 Å². The van der Waals surface area contributed by atoms with E-state index in [1.54, 1.807) is 4.90 Å². The Labute approximate surface area is 153 Å². The molecule has 0 aromatic heterocycles. The van der Waals surface area contributed by atoms with E-state index < -0.39 is 5.97 Å². The van der Waals surface area contributed by atoms with Gasteiger partial charge in [0.25, 0.3) is 0 Å². The fraction of sp³-hybridized carbons (Fsp3) is 0.526. The quantitative estimate of drug-likeness (QED) is 0.881. The van der Waals surface area contributed by atoms with Crippen LogP contribution in [0.4, 0.5) is 0 Å². The first kappa shape index (κ1) is 19.9. The fourth-order valence-electron chi connectivity index (χ4n) is 2.97. The SMILES string of the molecule is C[C@H](C(=O)N1CCCCCN(CC(=O)O)C(=O)COC1)c1ccccc1. The van der Waals surface area contributed by atoms with Gasteiger partial charge < -0.3 is 19.6 Å². The Bertz CT molecular complexity index is 620. The smallest absolute Gasteiger partial charge is 0.323 e. The molecule has 1 aliphatic heterocycles. The Kier molecular flexibility index (Phi) is 7.59. The van der Waals surface area contributed by atoms with Crippen LogP contribution in [0.15, 0.2) is 30.3 Å². The monoisotopic (exact) mass is 362 g/mol. The summed E-state index contributed by atoms with van der Waals surface area (Å²) in [6.45, 7) is 2.30. The summed E-state index contributed by atoms with van der Waals surface area (Å²) in [6.07, 6.45) is 2.30. The van der Waals surface area contributed by atoms with Gasteiger partial charge in [0.15, 0.2) is 0 Å². The number of carboxylic acids is 1. The van der Waals surface area contributed by atoms with Crippen molar-refractivity contribution in [3.8, 4) is 0 Å². The van der Waals surface area contributed by atoms with Gasteiger partial charge in [-0.2, -0.15) is 0 Å². The van der Waals surface area contributed by atoms with Gasteiger partial charge in [-0.15, -0.1) is 0 Å². The first-order valence-electron chi connectivity index (χ1n) is 8.90. The zero-order valence-corrected chi connectivity index (χ0v) is 15.1. The van der Waals surface area contributed by atoms with Crippen LogP contribution in [0.5, 0.6) is 0 Å². The van der Waals surface area contributed by atoms with E-state index in [9.17, 15) is 14.4 Å². The molecule has 7 heteroatoms. The number of benzene rings is 1. The Morgan fingerprint density at radius 1 is 1.15 bits per heavy atom. The zero-order chi connectivity index (χ0) is 18.9. The van der Waals surface area contributed by atoms with Crippen LogP contribution in [0.25, 0.3) is 0 Å². The molecule has 0 aliphatic carbocycles. The topological polar surface area (TPSA) is 87.2 Å². The summed E-state index contributed by atoms with van der Waals surface area (Å²) in [4.78, 5) is 38.8. The summed E-state index contributed by atoms with van der Waals surface area (Å²) in [7, 11) is 0. The largest absolute Gasteiger partial charge is 0.480 e. The molecule has 2 rings (SSSR count). The highest BCUT2D eigenvalue weighted by atomic mass is 16.5. The number of carbonyl (C=O) groups excluding carboxylic acids is 2. The van der Waals surface area contributed by atoms with E-state index in [1.807, 2.05) is 37.3 Å². The third kappa shape index (κ3) is 5.84. The predicted molar refractivity (Wildman–Crippen MR) is 95.5 cm³/mol. The summed E-state index contributed by atoms with van der Waals surface area (Å²) in [6, 6.07) is 9.55. The van der Waals surface area contributed by atoms with Crippen LogP contribution in [-0.2, 0) is 19.1 Å². The van der Waals surface area contributed by atoms with Crippen LogP contribution >= 0.6 is 0 Å². The van der Waals surface area contributed by atoms with Crippen molar-refractivity contribution in [3.05, 3.63) is 35.9 Å². The summed E-state index contributed by atoms with van der Waals surface area (Å²) >= 11 is 0. The molecule has 2 amide bonds. The molecular formula is C19H26N2O5. The molecule has 142 valence electrons. The van der Waals surface area contributed by atoms with Crippen LogP contribution in [0.2, 0.25) is 0 Å². The lowest BCUT2D eigenvalue weighted by Gasteiger charge is -2.25. The van der Waals surface area contributed by atoms with Crippen molar-refractivity contribution in [2.45, 2.75) is 32.1 Å². The predicted octanol–water partition coefficient (Wildman–Crippen LogP) is 1.69. The molecule has 26 heavy (non-hydrogen) atoms. The number of aliphatic carboxylic acids is 1. The fourth-order valence-corrected chi connectivity index (χ4v) is 2.97. The minimum atomic E-state index is -1.04. The molecule has 0 saturated carbocycles. The minimum Gasteiger partial charge on any atom is -0.480 e. The summed E-state index contributed by atoms with van der Waals surface area (Å²) < 4.78 is 5.43. The highest BCUT2D eigenvalue weighted by Crippen LogP contribution is 2.18. The van der Waals surface area contributed by atoms with E-state index in [1.165, 1.54) is 4.90 Å². The maximum Gasteiger partial charge on any atom is 0.323 e. The Hall–Kier alpha value is -2.41. The first-order valence-corrected chi connectivity index (χ1v) is 8.90. The summed E-state index contributed by atoms with van der Waals surface area (Å²) in [5.41, 5.74) is 0.940. The third-order valence-corrected chi connectivity index (χ3v) is 4.49. The number of carboxylic acid groups (broad SMARTS) is 1. The van der Waals surface area contributed by atoms with Crippen molar-refractivity contribution in [2.75, 3.05) is 33.0 Å². The van der Waals surface area contributed by atoms with E-state index in [2.05, 4.69) is 0 Å². The Balaban J connectivity index is 2.00. The normalized spacial score (nSPS) is 18.1. The molecule has 0 spiro atoms. The van der Waals surface area contributed by atoms with Crippen molar-refractivity contribution < 1.29 is 24.2 Å². The highest BCUT2D eigenvalue weighted by molar-refractivity contribution is 5.83. The second-order valence-corrected chi connectivity index (χ2v) is 6.48. The van der Waals surface area contributed by atoms with Gasteiger partial charge in [0, 0.05) is 13.1 Å². The van der Waals surface area contributed by atoms with Crippen molar-refractivity contribution in [2.24, 2.45) is 0 Å². The van der Waals surface area contributed by atoms with Gasteiger partial charge in [0.2, 0.25) is 11.8 Å². The molecule has 7 nitrogen and oxygen atoms in total. The van der Waals surface area contributed by atoms with Gasteiger partial charge in [-0.25, -0.2) is 0 Å². The van der Waals surface area contributed by atoms with Gasteiger partial charge in [-0.05, 0) is 31.7 Å². The number of rotatable bonds is 4.